The van der Waals surface area contributed by atoms with Crippen LogP contribution in [-0.2, 0) is 14.2 Å². The Balaban J connectivity index is 0.000000187. The summed E-state index contributed by atoms with van der Waals surface area (Å²) < 4.78 is 16.0. The summed E-state index contributed by atoms with van der Waals surface area (Å²) in [7, 11) is 0. The summed E-state index contributed by atoms with van der Waals surface area (Å²) in [5.41, 5.74) is 3.50. The number of aryl methyl sites for hydroxylation is 1. The first-order valence-electron chi connectivity index (χ1n) is 22.4. The van der Waals surface area contributed by atoms with E-state index in [1.807, 2.05) is 59.7 Å². The van der Waals surface area contributed by atoms with Crippen molar-refractivity contribution in [2.75, 3.05) is 136 Å². The second-order valence-electron chi connectivity index (χ2n) is 16.4. The highest BCUT2D eigenvalue weighted by atomic mass is 35.5. The molecule has 3 atom stereocenters. The number of aliphatic hydroxyl groups excluding tert-OH is 2. The summed E-state index contributed by atoms with van der Waals surface area (Å²) in [6.45, 7) is 18.1. The zero-order valence-electron chi connectivity index (χ0n) is 38.1. The molecule has 0 bridgehead atoms. The number of ether oxygens (including phenoxy) is 3. The minimum Gasteiger partial charge on any atom is -0.394 e. The zero-order chi connectivity index (χ0) is 47.0. The molecule has 0 aliphatic carbocycles. The fourth-order valence-corrected chi connectivity index (χ4v) is 7.94. The first-order valence-corrected chi connectivity index (χ1v) is 23.6. The maximum absolute atomic E-state index is 12.8. The van der Waals surface area contributed by atoms with Gasteiger partial charge in [0.2, 0.25) is 17.8 Å². The van der Waals surface area contributed by atoms with Crippen molar-refractivity contribution >= 4 is 76.0 Å². The summed E-state index contributed by atoms with van der Waals surface area (Å²) in [6.07, 6.45) is 2.17. The number of carbonyl (C=O) groups is 1. The largest absolute Gasteiger partial charge is 0.394 e. The lowest BCUT2D eigenvalue weighted by molar-refractivity contribution is 0.122. The highest BCUT2D eigenvalue weighted by Crippen LogP contribution is 2.30. The molecule has 2 amide bonds. The van der Waals surface area contributed by atoms with Crippen LogP contribution in [0.1, 0.15) is 39.2 Å². The number of nitrogens with one attached hydrogen (secondary N) is 3. The van der Waals surface area contributed by atoms with Gasteiger partial charge in [0, 0.05) is 93.9 Å². The minimum absolute atomic E-state index is 0.00214. The van der Waals surface area contributed by atoms with E-state index in [9.17, 15) is 9.90 Å². The third-order valence-electron chi connectivity index (χ3n) is 11.2. The smallest absolute Gasteiger partial charge is 0.321 e. The van der Waals surface area contributed by atoms with E-state index < -0.39 is 0 Å². The van der Waals surface area contributed by atoms with E-state index in [2.05, 4.69) is 47.7 Å². The molecule has 360 valence electrons. The van der Waals surface area contributed by atoms with Gasteiger partial charge in [-0.05, 0) is 50.8 Å². The molecule has 8 rings (SSSR count). The van der Waals surface area contributed by atoms with Crippen molar-refractivity contribution in [3.8, 4) is 11.3 Å². The number of likely N-dealkylation sites (tertiary alicyclic amines) is 1. The molecular weight excluding hydrogens is 913 g/mol. The van der Waals surface area contributed by atoms with Crippen molar-refractivity contribution < 1.29 is 29.2 Å². The predicted molar refractivity (Wildman–Crippen MR) is 260 cm³/mol. The molecule has 3 aromatic heterocycles. The summed E-state index contributed by atoms with van der Waals surface area (Å²) in [5.74, 6) is 3.67. The van der Waals surface area contributed by atoms with E-state index in [1.165, 1.54) is 6.07 Å². The number of rotatable bonds is 12. The molecule has 4 fully saturated rings. The number of anilines is 6. The molecule has 0 unspecified atom stereocenters. The van der Waals surface area contributed by atoms with E-state index in [4.69, 9.17) is 64.1 Å². The highest BCUT2D eigenvalue weighted by Gasteiger charge is 2.26. The van der Waals surface area contributed by atoms with Crippen molar-refractivity contribution in [1.29, 1.82) is 0 Å². The number of amides is 2. The molecule has 1 aromatic carbocycles. The Morgan fingerprint density at radius 2 is 1.15 bits per heavy atom. The fraction of sp³-hybridized carbons (Fsp3) is 0.568. The fourth-order valence-electron chi connectivity index (χ4n) is 7.34. The number of urea groups is 1. The van der Waals surface area contributed by atoms with Crippen molar-refractivity contribution in [3.63, 3.8) is 0 Å². The first kappa shape index (κ1) is 50.8. The number of carbonyl (C=O) groups excluding carboxylic acids is 1. The lowest BCUT2D eigenvalue weighted by atomic mass is 10.0. The highest BCUT2D eigenvalue weighted by molar-refractivity contribution is 6.33. The number of hydrogen-bond donors (Lipinski definition) is 5. The molecular formula is C44H62Cl3N13O6. The van der Waals surface area contributed by atoms with Gasteiger partial charge in [-0.25, -0.2) is 24.7 Å². The Hall–Kier alpha value is -4.60. The average Bonchev–Trinajstić information content (AvgIpc) is 3.83. The van der Waals surface area contributed by atoms with Crippen LogP contribution in [0.25, 0.3) is 11.3 Å². The number of halogens is 3. The molecule has 4 aliphatic rings. The standard InChI is InChI=1S/C25H36N6O3.C11H17ClN4O2.C8H9Cl2N3O/c1-4-19-7-8-31(15-19)25(33)27-20-6-5-17(2)21(13-20)22-14-23(26-18(3)16-32)29-24(28-22)30-9-11-34-12-10-30;1-8(7-17)13-10-6-9(12)14-11(15-10)16-2-4-18-5-3-16;9-6-5-7(10)12-8(11-6)13-1-3-14-4-2-13/h5-6,13-14,18-19,32H,4,7-12,15-16H2,1-3H3,(H,27,33)(H,26,28,29);6,8,17H,2-5,7H2,1H3,(H,13,14,15);5H,1-4H2/t18-,19+;8-;/m00./s1. The van der Waals surface area contributed by atoms with Crippen molar-refractivity contribution in [3.05, 3.63) is 57.4 Å². The van der Waals surface area contributed by atoms with E-state index in [-0.39, 0.29) is 31.3 Å². The van der Waals surface area contributed by atoms with E-state index in [1.54, 1.807) is 6.07 Å². The Kier molecular flexibility index (Phi) is 19.6. The normalized spacial score (nSPS) is 18.3. The number of benzene rings is 1. The maximum atomic E-state index is 12.8. The minimum atomic E-state index is -0.139. The Morgan fingerprint density at radius 1 is 0.682 bits per heavy atom. The summed E-state index contributed by atoms with van der Waals surface area (Å²) in [6, 6.07) is 10.7. The van der Waals surface area contributed by atoms with Crippen LogP contribution in [0, 0.1) is 12.8 Å². The van der Waals surface area contributed by atoms with Crippen LogP contribution in [0.3, 0.4) is 0 Å². The van der Waals surface area contributed by atoms with Crippen molar-refractivity contribution in [2.45, 2.75) is 52.6 Å². The van der Waals surface area contributed by atoms with Crippen LogP contribution < -0.4 is 30.7 Å². The van der Waals surface area contributed by atoms with Gasteiger partial charge in [-0.3, -0.25) is 0 Å². The summed E-state index contributed by atoms with van der Waals surface area (Å²) >= 11 is 17.5. The van der Waals surface area contributed by atoms with Crippen LogP contribution in [0.5, 0.6) is 0 Å². The number of nitrogens with zero attached hydrogens (tertiary/aromatic N) is 10. The summed E-state index contributed by atoms with van der Waals surface area (Å²) in [4.78, 5) is 47.2. The number of aliphatic hydroxyl groups is 2. The van der Waals surface area contributed by atoms with E-state index in [0.717, 1.165) is 87.7 Å². The Labute approximate surface area is 401 Å². The van der Waals surface area contributed by atoms with Crippen molar-refractivity contribution in [2.24, 2.45) is 5.92 Å². The molecule has 22 heteroatoms. The van der Waals surface area contributed by atoms with Gasteiger partial charge in [-0.2, -0.15) is 9.97 Å². The van der Waals surface area contributed by atoms with Gasteiger partial charge in [0.15, 0.2) is 0 Å². The number of morpholine rings is 3. The lowest BCUT2D eigenvalue weighted by Crippen LogP contribution is -2.37. The summed E-state index contributed by atoms with van der Waals surface area (Å²) in [5, 5.41) is 29.0. The molecule has 5 N–H and O–H groups in total. The van der Waals surface area contributed by atoms with Gasteiger partial charge in [-0.15, -0.1) is 0 Å². The van der Waals surface area contributed by atoms with Gasteiger partial charge in [0.1, 0.15) is 27.1 Å². The SMILES string of the molecule is CC[C@@H]1CCN(C(=O)Nc2ccc(C)c(-c3cc(N[C@@H](C)CO)nc(N4CCOCC4)n3)c2)C1.C[C@@H](CO)Nc1cc(Cl)nc(N2CCOCC2)n1.Clc1cc(Cl)nc(N2CCOCC2)n1. The monoisotopic (exact) mass is 973 g/mol. The molecule has 0 spiro atoms. The molecule has 19 nitrogen and oxygen atoms in total. The van der Waals surface area contributed by atoms with Crippen LogP contribution in [0.2, 0.25) is 15.5 Å². The molecule has 7 heterocycles. The van der Waals surface area contributed by atoms with Gasteiger partial charge >= 0.3 is 6.03 Å². The topological polar surface area (TPSA) is 212 Å². The van der Waals surface area contributed by atoms with Gasteiger partial charge in [0.05, 0.1) is 58.5 Å². The quantitative estimate of drug-likeness (QED) is 0.107. The first-order chi connectivity index (χ1) is 31.9. The van der Waals surface area contributed by atoms with Gasteiger partial charge in [0.25, 0.3) is 0 Å². The van der Waals surface area contributed by atoms with Crippen LogP contribution in [-0.4, -0.2) is 168 Å². The van der Waals surface area contributed by atoms with Gasteiger partial charge in [-0.1, -0.05) is 54.2 Å². The second kappa shape index (κ2) is 25.5. The third-order valence-corrected chi connectivity index (χ3v) is 11.8. The Bertz CT molecular complexity index is 2150. The molecule has 4 aliphatic heterocycles. The molecule has 66 heavy (non-hydrogen) atoms. The molecule has 4 aromatic rings. The Morgan fingerprint density at radius 3 is 1.64 bits per heavy atom. The zero-order valence-corrected chi connectivity index (χ0v) is 40.3. The second-order valence-corrected chi connectivity index (χ2v) is 17.5. The third kappa shape index (κ3) is 15.2. The van der Waals surface area contributed by atoms with Gasteiger partial charge < -0.3 is 60.0 Å². The lowest BCUT2D eigenvalue weighted by Gasteiger charge is -2.27. The predicted octanol–water partition coefficient (Wildman–Crippen LogP) is 5.72. The maximum Gasteiger partial charge on any atom is 0.321 e. The molecule has 0 saturated carbocycles. The number of aromatic nitrogens is 6. The molecule has 0 radical (unpaired) electrons. The van der Waals surface area contributed by atoms with E-state index in [0.29, 0.717) is 90.5 Å². The van der Waals surface area contributed by atoms with Crippen LogP contribution in [0.4, 0.5) is 40.0 Å². The van der Waals surface area contributed by atoms with E-state index >= 15 is 0 Å². The van der Waals surface area contributed by atoms with Crippen LogP contribution in [0.15, 0.2) is 36.4 Å². The molecule has 4 saturated heterocycles. The van der Waals surface area contributed by atoms with Crippen molar-refractivity contribution in [1.82, 2.24) is 34.8 Å². The average molecular weight is 975 g/mol. The number of hydrogen-bond acceptors (Lipinski definition) is 17. The van der Waals surface area contributed by atoms with Crippen LogP contribution >= 0.6 is 34.8 Å².